The first-order valence-electron chi connectivity index (χ1n) is 8.29. The van der Waals surface area contributed by atoms with Crippen LogP contribution in [-0.4, -0.2) is 26.6 Å². The molecule has 0 N–H and O–H groups in total. The van der Waals surface area contributed by atoms with Crippen LogP contribution in [0, 0.1) is 0 Å². The zero-order valence-electron chi connectivity index (χ0n) is 12.8. The van der Waals surface area contributed by atoms with Crippen LogP contribution in [0.1, 0.15) is 54.4 Å². The van der Waals surface area contributed by atoms with Gasteiger partial charge in [-0.2, -0.15) is 4.98 Å². The van der Waals surface area contributed by atoms with Crippen molar-refractivity contribution in [2.75, 3.05) is 6.54 Å². The minimum Gasteiger partial charge on any atom is -0.338 e. The number of likely N-dealkylation sites (tertiary alicyclic amines) is 1. The fourth-order valence-electron chi connectivity index (χ4n) is 3.34. The molecule has 1 aromatic carbocycles. The molecular formula is C17H18N4OS. The fraction of sp³-hybridized carbons (Fsp3) is 0.471. The molecular weight excluding hydrogens is 308 g/mol. The molecule has 3 heterocycles. The van der Waals surface area contributed by atoms with Gasteiger partial charge in [0.15, 0.2) is 5.82 Å². The Kier molecular flexibility index (Phi) is 3.19. The molecule has 0 radical (unpaired) electrons. The maximum atomic E-state index is 5.45. The second-order valence-electron chi connectivity index (χ2n) is 6.47. The number of rotatable bonds is 4. The van der Waals surface area contributed by atoms with Crippen molar-refractivity contribution in [3.63, 3.8) is 0 Å². The van der Waals surface area contributed by atoms with E-state index in [-0.39, 0.29) is 0 Å². The summed E-state index contributed by atoms with van der Waals surface area (Å²) in [6.45, 7) is 1.81. The Labute approximate surface area is 138 Å². The zero-order chi connectivity index (χ0) is 15.2. The van der Waals surface area contributed by atoms with E-state index in [0.717, 1.165) is 36.7 Å². The Bertz CT molecular complexity index is 805. The Morgan fingerprint density at radius 2 is 2.09 bits per heavy atom. The molecule has 0 unspecified atom stereocenters. The molecule has 2 aliphatic rings. The molecule has 1 atom stereocenters. The van der Waals surface area contributed by atoms with Gasteiger partial charge in [-0.1, -0.05) is 17.3 Å². The molecule has 5 rings (SSSR count). The van der Waals surface area contributed by atoms with Gasteiger partial charge in [0.25, 0.3) is 0 Å². The third-order valence-electron chi connectivity index (χ3n) is 4.72. The normalized spacial score (nSPS) is 22.2. The average Bonchev–Trinajstić information content (AvgIpc) is 3.00. The van der Waals surface area contributed by atoms with E-state index < -0.39 is 0 Å². The standard InChI is InChI=1S/C17H18N4OS/c1-2-6-14-12(4-1)18-17(23-14)13-5-3-9-21(13)10-15-19-16(20-22-15)11-7-8-11/h1-2,4,6,11,13H,3,5,7-10H2/t13-/m1/s1. The lowest BCUT2D eigenvalue weighted by Crippen LogP contribution is -2.22. The highest BCUT2D eigenvalue weighted by atomic mass is 32.1. The molecule has 3 aromatic rings. The summed E-state index contributed by atoms with van der Waals surface area (Å²) in [6.07, 6.45) is 4.77. The summed E-state index contributed by atoms with van der Waals surface area (Å²) >= 11 is 1.81. The summed E-state index contributed by atoms with van der Waals surface area (Å²) in [7, 11) is 0. The van der Waals surface area contributed by atoms with Crippen molar-refractivity contribution in [1.29, 1.82) is 0 Å². The molecule has 23 heavy (non-hydrogen) atoms. The Morgan fingerprint density at radius 3 is 2.96 bits per heavy atom. The van der Waals surface area contributed by atoms with Crippen LogP contribution in [0.2, 0.25) is 0 Å². The lowest BCUT2D eigenvalue weighted by Gasteiger charge is -2.20. The van der Waals surface area contributed by atoms with Gasteiger partial charge in [0.1, 0.15) is 5.01 Å². The predicted molar refractivity (Wildman–Crippen MR) is 88.3 cm³/mol. The average molecular weight is 326 g/mol. The molecule has 0 spiro atoms. The third kappa shape index (κ3) is 2.56. The van der Waals surface area contributed by atoms with Crippen molar-refractivity contribution < 1.29 is 4.52 Å². The fourth-order valence-corrected chi connectivity index (χ4v) is 4.48. The number of aromatic nitrogens is 3. The monoisotopic (exact) mass is 326 g/mol. The summed E-state index contributed by atoms with van der Waals surface area (Å²) < 4.78 is 6.72. The van der Waals surface area contributed by atoms with Crippen molar-refractivity contribution in [2.24, 2.45) is 0 Å². The topological polar surface area (TPSA) is 55.1 Å². The smallest absolute Gasteiger partial charge is 0.240 e. The van der Waals surface area contributed by atoms with E-state index in [2.05, 4.69) is 39.3 Å². The number of fused-ring (bicyclic) bond motifs is 1. The highest BCUT2D eigenvalue weighted by molar-refractivity contribution is 7.18. The van der Waals surface area contributed by atoms with Gasteiger partial charge in [0.2, 0.25) is 5.89 Å². The predicted octanol–water partition coefficient (Wildman–Crippen LogP) is 3.89. The molecule has 5 nitrogen and oxygen atoms in total. The van der Waals surface area contributed by atoms with Crippen LogP contribution in [0.25, 0.3) is 10.2 Å². The van der Waals surface area contributed by atoms with E-state index in [0.29, 0.717) is 12.0 Å². The summed E-state index contributed by atoms with van der Waals surface area (Å²) in [5.74, 6) is 2.20. The summed E-state index contributed by atoms with van der Waals surface area (Å²) in [6, 6.07) is 8.75. The van der Waals surface area contributed by atoms with Crippen LogP contribution in [0.5, 0.6) is 0 Å². The van der Waals surface area contributed by atoms with Crippen LogP contribution in [0.4, 0.5) is 0 Å². The van der Waals surface area contributed by atoms with Crippen molar-refractivity contribution in [3.05, 3.63) is 41.0 Å². The molecule has 1 saturated carbocycles. The molecule has 1 aliphatic heterocycles. The number of hydrogen-bond donors (Lipinski definition) is 0. The lowest BCUT2D eigenvalue weighted by atomic mass is 10.2. The van der Waals surface area contributed by atoms with Gasteiger partial charge in [-0.15, -0.1) is 11.3 Å². The third-order valence-corrected chi connectivity index (χ3v) is 5.86. The largest absolute Gasteiger partial charge is 0.338 e. The van der Waals surface area contributed by atoms with Gasteiger partial charge in [0.05, 0.1) is 22.8 Å². The highest BCUT2D eigenvalue weighted by Gasteiger charge is 2.32. The minimum absolute atomic E-state index is 0.378. The Balaban J connectivity index is 1.38. The van der Waals surface area contributed by atoms with E-state index in [1.807, 2.05) is 11.3 Å². The van der Waals surface area contributed by atoms with Gasteiger partial charge < -0.3 is 4.52 Å². The minimum atomic E-state index is 0.378. The first kappa shape index (κ1) is 13.6. The first-order chi connectivity index (χ1) is 11.4. The van der Waals surface area contributed by atoms with E-state index in [1.54, 1.807) is 0 Å². The van der Waals surface area contributed by atoms with Crippen molar-refractivity contribution >= 4 is 21.6 Å². The number of hydrogen-bond acceptors (Lipinski definition) is 6. The maximum Gasteiger partial charge on any atom is 0.240 e. The van der Waals surface area contributed by atoms with Crippen LogP contribution < -0.4 is 0 Å². The van der Waals surface area contributed by atoms with Gasteiger partial charge >= 0.3 is 0 Å². The van der Waals surface area contributed by atoms with Crippen LogP contribution in [-0.2, 0) is 6.54 Å². The van der Waals surface area contributed by atoms with Crippen LogP contribution in [0.15, 0.2) is 28.8 Å². The highest BCUT2D eigenvalue weighted by Crippen LogP contribution is 2.39. The van der Waals surface area contributed by atoms with Gasteiger partial charge in [0, 0.05) is 5.92 Å². The molecule has 118 valence electrons. The number of thiazole rings is 1. The van der Waals surface area contributed by atoms with E-state index in [4.69, 9.17) is 9.51 Å². The quantitative estimate of drug-likeness (QED) is 0.728. The summed E-state index contributed by atoms with van der Waals surface area (Å²) in [5, 5.41) is 5.34. The van der Waals surface area contributed by atoms with E-state index >= 15 is 0 Å². The van der Waals surface area contributed by atoms with Crippen LogP contribution >= 0.6 is 11.3 Å². The summed E-state index contributed by atoms with van der Waals surface area (Å²) in [5.41, 5.74) is 1.10. The van der Waals surface area contributed by atoms with E-state index in [9.17, 15) is 0 Å². The molecule has 1 aliphatic carbocycles. The maximum absolute atomic E-state index is 5.45. The molecule has 0 amide bonds. The van der Waals surface area contributed by atoms with Crippen molar-refractivity contribution in [1.82, 2.24) is 20.0 Å². The van der Waals surface area contributed by atoms with Crippen molar-refractivity contribution in [2.45, 2.75) is 44.2 Å². The molecule has 0 bridgehead atoms. The Hall–Kier alpha value is -1.79. The molecule has 2 aromatic heterocycles. The Morgan fingerprint density at radius 1 is 1.17 bits per heavy atom. The van der Waals surface area contributed by atoms with Gasteiger partial charge in [-0.05, 0) is 44.4 Å². The number of nitrogens with zero attached hydrogens (tertiary/aromatic N) is 4. The number of benzene rings is 1. The second-order valence-corrected chi connectivity index (χ2v) is 7.53. The SMILES string of the molecule is c1ccc2sc([C@H]3CCCN3Cc3nc(C4CC4)no3)nc2c1. The van der Waals surface area contributed by atoms with E-state index in [1.165, 1.54) is 29.0 Å². The lowest BCUT2D eigenvalue weighted by molar-refractivity contribution is 0.212. The van der Waals surface area contributed by atoms with Gasteiger partial charge in [-0.25, -0.2) is 4.98 Å². The molecule has 1 saturated heterocycles. The summed E-state index contributed by atoms with van der Waals surface area (Å²) in [4.78, 5) is 11.8. The second kappa shape index (κ2) is 5.39. The van der Waals surface area contributed by atoms with Crippen LogP contribution in [0.3, 0.4) is 0 Å². The van der Waals surface area contributed by atoms with Gasteiger partial charge in [-0.3, -0.25) is 4.90 Å². The first-order valence-corrected chi connectivity index (χ1v) is 9.10. The number of para-hydroxylation sites is 1. The molecule has 6 heteroatoms. The zero-order valence-corrected chi connectivity index (χ0v) is 13.6. The van der Waals surface area contributed by atoms with Crippen molar-refractivity contribution in [3.8, 4) is 0 Å². The molecule has 2 fully saturated rings.